The molecule has 0 aliphatic carbocycles. The fourth-order valence-corrected chi connectivity index (χ4v) is 3.34. The van der Waals surface area contributed by atoms with Crippen LogP contribution in [0, 0.1) is 5.82 Å². The Balaban J connectivity index is 2.28. The molecule has 1 aliphatic rings. The number of aromatic carboxylic acids is 1. The average Bonchev–Trinajstić information content (AvgIpc) is 2.39. The molecule has 0 saturated carbocycles. The summed E-state index contributed by atoms with van der Waals surface area (Å²) in [7, 11) is -1.53. The normalized spacial score (nSPS) is 18.5. The lowest BCUT2D eigenvalue weighted by Gasteiger charge is -2.21. The van der Waals surface area contributed by atoms with Crippen molar-refractivity contribution < 1.29 is 23.2 Å². The molecule has 1 aromatic carbocycles. The minimum Gasteiger partial charge on any atom is -0.478 e. The Hall–Kier alpha value is -1.27. The standard InChI is InChI=1S/C12H13FO4S/c13-10-2-1-8(12(14)15)7-11(10)18(16)9-3-5-17-6-4-9/h1-2,7,9H,3-6H2,(H,14,15). The monoisotopic (exact) mass is 272 g/mol. The molecule has 1 heterocycles. The van der Waals surface area contributed by atoms with Crippen molar-refractivity contribution in [3.63, 3.8) is 0 Å². The van der Waals surface area contributed by atoms with Gasteiger partial charge in [0.2, 0.25) is 0 Å². The van der Waals surface area contributed by atoms with Crippen LogP contribution >= 0.6 is 0 Å². The van der Waals surface area contributed by atoms with Crippen molar-refractivity contribution in [3.8, 4) is 0 Å². The van der Waals surface area contributed by atoms with Crippen LogP contribution in [0.15, 0.2) is 23.1 Å². The van der Waals surface area contributed by atoms with E-state index in [1.165, 1.54) is 6.07 Å². The molecule has 0 bridgehead atoms. The number of ether oxygens (including phenoxy) is 1. The largest absolute Gasteiger partial charge is 0.478 e. The number of carboxylic acids is 1. The minimum absolute atomic E-state index is 0.0261. The predicted molar refractivity (Wildman–Crippen MR) is 63.6 cm³/mol. The van der Waals surface area contributed by atoms with Crippen LogP contribution in [0.5, 0.6) is 0 Å². The van der Waals surface area contributed by atoms with Crippen LogP contribution in [-0.2, 0) is 15.5 Å². The van der Waals surface area contributed by atoms with E-state index in [2.05, 4.69) is 0 Å². The summed E-state index contributed by atoms with van der Waals surface area (Å²) in [6.45, 7) is 1.02. The molecule has 2 rings (SSSR count). The molecule has 1 atom stereocenters. The maximum atomic E-state index is 13.6. The van der Waals surface area contributed by atoms with Crippen LogP contribution in [-0.4, -0.2) is 33.7 Å². The summed E-state index contributed by atoms with van der Waals surface area (Å²) in [5.41, 5.74) is -0.0493. The van der Waals surface area contributed by atoms with Crippen LogP contribution in [0.2, 0.25) is 0 Å². The Kier molecular flexibility index (Phi) is 4.08. The maximum absolute atomic E-state index is 13.6. The van der Waals surface area contributed by atoms with Crippen LogP contribution in [0.4, 0.5) is 4.39 Å². The first kappa shape index (κ1) is 13.2. The third-order valence-electron chi connectivity index (χ3n) is 2.87. The molecule has 1 aromatic rings. The summed E-state index contributed by atoms with van der Waals surface area (Å²) in [5, 5.41) is 8.68. The third-order valence-corrected chi connectivity index (χ3v) is 4.69. The van der Waals surface area contributed by atoms with Gasteiger partial charge >= 0.3 is 5.97 Å². The van der Waals surface area contributed by atoms with Gasteiger partial charge in [0.1, 0.15) is 5.82 Å². The number of carboxylic acid groups (broad SMARTS) is 1. The highest BCUT2D eigenvalue weighted by Crippen LogP contribution is 2.23. The summed E-state index contributed by atoms with van der Waals surface area (Å²) in [4.78, 5) is 10.8. The zero-order valence-electron chi connectivity index (χ0n) is 9.60. The Morgan fingerprint density at radius 1 is 1.39 bits per heavy atom. The van der Waals surface area contributed by atoms with Gasteiger partial charge in [-0.05, 0) is 31.0 Å². The number of rotatable bonds is 3. The first-order chi connectivity index (χ1) is 8.59. The molecule has 4 nitrogen and oxygen atoms in total. The van der Waals surface area contributed by atoms with Crippen molar-refractivity contribution in [1.82, 2.24) is 0 Å². The van der Waals surface area contributed by atoms with Crippen LogP contribution in [0.1, 0.15) is 23.2 Å². The number of hydrogen-bond acceptors (Lipinski definition) is 3. The lowest BCUT2D eigenvalue weighted by molar-refractivity contribution is 0.0696. The summed E-state index contributed by atoms with van der Waals surface area (Å²) in [5.74, 6) is -1.77. The van der Waals surface area contributed by atoms with E-state index in [9.17, 15) is 13.4 Å². The lowest BCUT2D eigenvalue weighted by atomic mass is 10.2. The molecule has 0 spiro atoms. The zero-order valence-corrected chi connectivity index (χ0v) is 10.4. The minimum atomic E-state index is -1.53. The molecular weight excluding hydrogens is 259 g/mol. The molecule has 1 unspecified atom stereocenters. The topological polar surface area (TPSA) is 63.6 Å². The van der Waals surface area contributed by atoms with Crippen molar-refractivity contribution in [3.05, 3.63) is 29.6 Å². The molecular formula is C12H13FO4S. The van der Waals surface area contributed by atoms with Gasteiger partial charge in [0.15, 0.2) is 0 Å². The van der Waals surface area contributed by atoms with Crippen molar-refractivity contribution in [1.29, 1.82) is 0 Å². The van der Waals surface area contributed by atoms with Gasteiger partial charge in [-0.3, -0.25) is 4.21 Å². The highest BCUT2D eigenvalue weighted by molar-refractivity contribution is 7.85. The Morgan fingerprint density at radius 3 is 2.67 bits per heavy atom. The van der Waals surface area contributed by atoms with Crippen LogP contribution in [0.3, 0.4) is 0 Å². The second-order valence-corrected chi connectivity index (χ2v) is 5.76. The quantitative estimate of drug-likeness (QED) is 0.911. The molecule has 1 aliphatic heterocycles. The summed E-state index contributed by atoms with van der Waals surface area (Å²) >= 11 is 0. The number of hydrogen-bond donors (Lipinski definition) is 1. The van der Waals surface area contributed by atoms with Gasteiger partial charge in [-0.1, -0.05) is 0 Å². The molecule has 18 heavy (non-hydrogen) atoms. The first-order valence-electron chi connectivity index (χ1n) is 5.61. The fraction of sp³-hybridized carbons (Fsp3) is 0.417. The van der Waals surface area contributed by atoms with Crippen LogP contribution in [0.25, 0.3) is 0 Å². The highest BCUT2D eigenvalue weighted by atomic mass is 32.2. The van der Waals surface area contributed by atoms with E-state index in [4.69, 9.17) is 9.84 Å². The fourth-order valence-electron chi connectivity index (χ4n) is 1.86. The van der Waals surface area contributed by atoms with Crippen molar-refractivity contribution in [2.75, 3.05) is 13.2 Å². The van der Waals surface area contributed by atoms with Crippen molar-refractivity contribution >= 4 is 16.8 Å². The van der Waals surface area contributed by atoms with Crippen molar-refractivity contribution in [2.45, 2.75) is 23.0 Å². The van der Waals surface area contributed by atoms with Crippen LogP contribution < -0.4 is 0 Å². The highest BCUT2D eigenvalue weighted by Gasteiger charge is 2.24. The predicted octanol–water partition coefficient (Wildman–Crippen LogP) is 1.81. The van der Waals surface area contributed by atoms with E-state index in [1.54, 1.807) is 0 Å². The second kappa shape index (κ2) is 5.58. The smallest absolute Gasteiger partial charge is 0.335 e. The molecule has 1 fully saturated rings. The molecule has 0 aromatic heterocycles. The van der Waals surface area contributed by atoms with Gasteiger partial charge < -0.3 is 9.84 Å². The summed E-state index contributed by atoms with van der Waals surface area (Å²) in [6, 6.07) is 3.38. The van der Waals surface area contributed by atoms with E-state index in [-0.39, 0.29) is 15.7 Å². The average molecular weight is 272 g/mol. The SMILES string of the molecule is O=C(O)c1ccc(F)c(S(=O)C2CCOCC2)c1. The maximum Gasteiger partial charge on any atom is 0.335 e. The van der Waals surface area contributed by atoms with E-state index >= 15 is 0 Å². The summed E-state index contributed by atoms with van der Waals surface area (Å²) < 4.78 is 31.0. The Morgan fingerprint density at radius 2 is 2.06 bits per heavy atom. The summed E-state index contributed by atoms with van der Waals surface area (Å²) in [6.07, 6.45) is 1.20. The van der Waals surface area contributed by atoms with Crippen molar-refractivity contribution in [2.24, 2.45) is 0 Å². The molecule has 0 amide bonds. The molecule has 1 saturated heterocycles. The lowest BCUT2D eigenvalue weighted by Crippen LogP contribution is -2.25. The molecule has 1 N–H and O–H groups in total. The molecule has 98 valence electrons. The molecule has 0 radical (unpaired) electrons. The van der Waals surface area contributed by atoms with Gasteiger partial charge in [-0.2, -0.15) is 0 Å². The third kappa shape index (κ3) is 2.76. The van der Waals surface area contributed by atoms with Gasteiger partial charge in [0, 0.05) is 18.5 Å². The molecule has 6 heteroatoms. The van der Waals surface area contributed by atoms with E-state index in [0.717, 1.165) is 12.1 Å². The Labute approximate surface area is 106 Å². The first-order valence-corrected chi connectivity index (χ1v) is 6.82. The van der Waals surface area contributed by atoms with Gasteiger partial charge in [-0.25, -0.2) is 9.18 Å². The van der Waals surface area contributed by atoms with E-state index in [1.807, 2.05) is 0 Å². The number of benzene rings is 1. The number of halogens is 1. The number of carbonyl (C=O) groups is 1. The zero-order chi connectivity index (χ0) is 13.1. The van der Waals surface area contributed by atoms with Gasteiger partial charge in [-0.15, -0.1) is 0 Å². The second-order valence-electron chi connectivity index (χ2n) is 4.06. The van der Waals surface area contributed by atoms with Gasteiger partial charge in [0.05, 0.1) is 21.3 Å². The Bertz CT molecular complexity index is 483. The van der Waals surface area contributed by atoms with E-state index < -0.39 is 22.6 Å². The van der Waals surface area contributed by atoms with E-state index in [0.29, 0.717) is 26.1 Å². The van der Waals surface area contributed by atoms with Gasteiger partial charge in [0.25, 0.3) is 0 Å².